The van der Waals surface area contributed by atoms with Gasteiger partial charge < -0.3 is 9.84 Å². The van der Waals surface area contributed by atoms with E-state index in [1.807, 2.05) is 6.92 Å². The summed E-state index contributed by atoms with van der Waals surface area (Å²) in [4.78, 5) is 11.5. The highest BCUT2D eigenvalue weighted by Gasteiger charge is 2.13. The third-order valence-electron chi connectivity index (χ3n) is 1.24. The van der Waals surface area contributed by atoms with Gasteiger partial charge in [-0.05, 0) is 13.0 Å². The van der Waals surface area contributed by atoms with Crippen LogP contribution in [0.3, 0.4) is 0 Å². The topological polar surface area (TPSA) is 46.5 Å². The third kappa shape index (κ3) is 1.51. The first kappa shape index (κ1) is 8.07. The van der Waals surface area contributed by atoms with Gasteiger partial charge in [0.05, 0.1) is 7.11 Å². The van der Waals surface area contributed by atoms with Crippen LogP contribution in [0.25, 0.3) is 0 Å². The zero-order chi connectivity index (χ0) is 8.43. The van der Waals surface area contributed by atoms with E-state index in [-0.39, 0.29) is 5.56 Å². The summed E-state index contributed by atoms with van der Waals surface area (Å²) in [6, 6.07) is 1.60. The smallest absolute Gasteiger partial charge is 0.340 e. The summed E-state index contributed by atoms with van der Waals surface area (Å²) in [5.41, 5.74) is 0.245. The van der Waals surface area contributed by atoms with Crippen molar-refractivity contribution in [3.8, 4) is 5.06 Å². The molecule has 0 aliphatic heterocycles. The van der Waals surface area contributed by atoms with E-state index in [4.69, 9.17) is 9.84 Å². The summed E-state index contributed by atoms with van der Waals surface area (Å²) in [5.74, 6) is -0.939. The molecule has 0 aliphatic carbocycles. The van der Waals surface area contributed by atoms with E-state index >= 15 is 0 Å². The second kappa shape index (κ2) is 2.92. The van der Waals surface area contributed by atoms with E-state index in [1.54, 1.807) is 6.07 Å². The second-order valence-corrected chi connectivity index (χ2v) is 3.29. The molecule has 60 valence electrons. The van der Waals surface area contributed by atoms with Gasteiger partial charge in [0.2, 0.25) is 0 Å². The number of hydrogen-bond donors (Lipinski definition) is 1. The first-order valence-corrected chi connectivity index (χ1v) is 3.84. The quantitative estimate of drug-likeness (QED) is 0.739. The third-order valence-corrected chi connectivity index (χ3v) is 2.25. The highest BCUT2D eigenvalue weighted by Crippen LogP contribution is 2.29. The molecule has 1 aromatic rings. The van der Waals surface area contributed by atoms with E-state index in [0.717, 1.165) is 4.88 Å². The van der Waals surface area contributed by atoms with Crippen molar-refractivity contribution < 1.29 is 14.6 Å². The molecule has 0 bridgehead atoms. The lowest BCUT2D eigenvalue weighted by molar-refractivity contribution is 0.0694. The Morgan fingerprint density at radius 1 is 1.73 bits per heavy atom. The van der Waals surface area contributed by atoms with Gasteiger partial charge in [-0.1, -0.05) is 0 Å². The van der Waals surface area contributed by atoms with Crippen molar-refractivity contribution in [1.82, 2.24) is 0 Å². The van der Waals surface area contributed by atoms with Crippen LogP contribution in [0.15, 0.2) is 6.07 Å². The monoisotopic (exact) mass is 172 g/mol. The maximum Gasteiger partial charge on any atom is 0.340 e. The first-order chi connectivity index (χ1) is 5.15. The summed E-state index contributed by atoms with van der Waals surface area (Å²) in [5, 5.41) is 9.10. The SMILES string of the molecule is COc1sc(C)cc1C(=O)O. The molecule has 0 saturated heterocycles. The van der Waals surface area contributed by atoms with Crippen LogP contribution in [0.4, 0.5) is 0 Å². The molecular formula is C7H8O3S. The van der Waals surface area contributed by atoms with Crippen molar-refractivity contribution in [2.45, 2.75) is 6.92 Å². The molecule has 11 heavy (non-hydrogen) atoms. The Morgan fingerprint density at radius 2 is 2.36 bits per heavy atom. The zero-order valence-electron chi connectivity index (χ0n) is 6.25. The number of carboxylic acids is 1. The van der Waals surface area contributed by atoms with Crippen molar-refractivity contribution in [3.05, 3.63) is 16.5 Å². The predicted molar refractivity (Wildman–Crippen MR) is 42.6 cm³/mol. The first-order valence-electron chi connectivity index (χ1n) is 3.03. The lowest BCUT2D eigenvalue weighted by atomic mass is 10.3. The molecule has 1 rings (SSSR count). The Hall–Kier alpha value is -1.03. The molecule has 1 aromatic heterocycles. The molecule has 0 atom stereocenters. The van der Waals surface area contributed by atoms with E-state index in [1.165, 1.54) is 18.4 Å². The van der Waals surface area contributed by atoms with Crippen molar-refractivity contribution in [2.75, 3.05) is 7.11 Å². The molecule has 0 fully saturated rings. The van der Waals surface area contributed by atoms with Crippen LogP contribution in [0.1, 0.15) is 15.2 Å². The molecule has 0 aliphatic rings. The molecule has 0 amide bonds. The van der Waals surface area contributed by atoms with Gasteiger partial charge in [-0.15, -0.1) is 11.3 Å². The number of rotatable bonds is 2. The molecule has 0 saturated carbocycles. The van der Waals surface area contributed by atoms with Crippen molar-refractivity contribution >= 4 is 17.3 Å². The Morgan fingerprint density at radius 3 is 2.73 bits per heavy atom. The van der Waals surface area contributed by atoms with Crippen LogP contribution in [0.5, 0.6) is 5.06 Å². The number of aromatic carboxylic acids is 1. The summed E-state index contributed by atoms with van der Waals surface area (Å²) in [6.07, 6.45) is 0. The summed E-state index contributed by atoms with van der Waals surface area (Å²) < 4.78 is 4.87. The minimum absolute atomic E-state index is 0.245. The highest BCUT2D eigenvalue weighted by atomic mass is 32.1. The summed E-state index contributed by atoms with van der Waals surface area (Å²) >= 11 is 1.34. The fraction of sp³-hybridized carbons (Fsp3) is 0.286. The summed E-state index contributed by atoms with van der Waals surface area (Å²) in [7, 11) is 1.47. The van der Waals surface area contributed by atoms with Crippen molar-refractivity contribution in [1.29, 1.82) is 0 Å². The number of carboxylic acid groups (broad SMARTS) is 1. The number of ether oxygens (including phenoxy) is 1. The highest BCUT2D eigenvalue weighted by molar-refractivity contribution is 7.14. The number of hydrogen-bond acceptors (Lipinski definition) is 3. The van der Waals surface area contributed by atoms with Crippen LogP contribution < -0.4 is 4.74 Å². The molecule has 3 nitrogen and oxygen atoms in total. The van der Waals surface area contributed by atoms with E-state index in [2.05, 4.69) is 0 Å². The number of methoxy groups -OCH3 is 1. The van der Waals surface area contributed by atoms with Gasteiger partial charge in [0.1, 0.15) is 5.56 Å². The fourth-order valence-electron chi connectivity index (χ4n) is 0.794. The van der Waals surface area contributed by atoms with Gasteiger partial charge in [-0.25, -0.2) is 4.79 Å². The van der Waals surface area contributed by atoms with Gasteiger partial charge in [0, 0.05) is 4.88 Å². The molecule has 0 aromatic carbocycles. The van der Waals surface area contributed by atoms with Crippen LogP contribution in [-0.2, 0) is 0 Å². The van der Waals surface area contributed by atoms with Gasteiger partial charge >= 0.3 is 5.97 Å². The average Bonchev–Trinajstić information content (AvgIpc) is 2.30. The molecule has 1 N–H and O–H groups in total. The minimum Gasteiger partial charge on any atom is -0.487 e. The van der Waals surface area contributed by atoms with E-state index in [0.29, 0.717) is 5.06 Å². The molecule has 4 heteroatoms. The van der Waals surface area contributed by atoms with Crippen LogP contribution in [0.2, 0.25) is 0 Å². The van der Waals surface area contributed by atoms with Gasteiger partial charge in [-0.3, -0.25) is 0 Å². The Balaban J connectivity index is 3.12. The van der Waals surface area contributed by atoms with Crippen LogP contribution in [0, 0.1) is 6.92 Å². The minimum atomic E-state index is -0.939. The van der Waals surface area contributed by atoms with Crippen molar-refractivity contribution in [3.63, 3.8) is 0 Å². The second-order valence-electron chi connectivity index (χ2n) is 2.07. The maximum atomic E-state index is 10.5. The Bertz CT molecular complexity index is 277. The zero-order valence-corrected chi connectivity index (χ0v) is 7.07. The predicted octanol–water partition coefficient (Wildman–Crippen LogP) is 1.76. The molecule has 0 radical (unpaired) electrons. The number of thiophene rings is 1. The molecule has 0 unspecified atom stereocenters. The molecule has 1 heterocycles. The lowest BCUT2D eigenvalue weighted by Gasteiger charge is -1.94. The number of carbonyl (C=O) groups is 1. The van der Waals surface area contributed by atoms with E-state index in [9.17, 15) is 4.79 Å². The molecule has 0 spiro atoms. The normalized spacial score (nSPS) is 9.64. The average molecular weight is 172 g/mol. The Kier molecular flexibility index (Phi) is 2.14. The summed E-state index contributed by atoms with van der Waals surface area (Å²) in [6.45, 7) is 1.85. The Labute approximate surface area is 68.2 Å². The van der Waals surface area contributed by atoms with Crippen LogP contribution in [-0.4, -0.2) is 18.2 Å². The molecular weight excluding hydrogens is 164 g/mol. The van der Waals surface area contributed by atoms with Gasteiger partial charge in [0.15, 0.2) is 5.06 Å². The standard InChI is InChI=1S/C7H8O3S/c1-4-3-5(6(8)9)7(10-2)11-4/h3H,1-2H3,(H,8,9). The number of aryl methyl sites for hydroxylation is 1. The van der Waals surface area contributed by atoms with E-state index < -0.39 is 5.97 Å². The van der Waals surface area contributed by atoms with Gasteiger partial charge in [0.25, 0.3) is 0 Å². The fourth-order valence-corrected chi connectivity index (χ4v) is 1.60. The largest absolute Gasteiger partial charge is 0.487 e. The van der Waals surface area contributed by atoms with Crippen molar-refractivity contribution in [2.24, 2.45) is 0 Å². The lowest BCUT2D eigenvalue weighted by Crippen LogP contribution is -1.95. The van der Waals surface area contributed by atoms with Gasteiger partial charge in [-0.2, -0.15) is 0 Å². The van der Waals surface area contributed by atoms with Crippen LogP contribution >= 0.6 is 11.3 Å². The maximum absolute atomic E-state index is 10.5.